The molecule has 0 atom stereocenters. The number of phenolic OH excluding ortho intramolecular Hbond substituents is 2. The summed E-state index contributed by atoms with van der Waals surface area (Å²) in [4.78, 5) is 0. The highest BCUT2D eigenvalue weighted by atomic mass is 19.1. The Morgan fingerprint density at radius 2 is 1.64 bits per heavy atom. The highest BCUT2D eigenvalue weighted by Gasteiger charge is 2.09. The first-order valence-corrected chi connectivity index (χ1v) is 7.79. The number of rotatable bonds is 2. The van der Waals surface area contributed by atoms with Crippen LogP contribution in [0.2, 0.25) is 0 Å². The van der Waals surface area contributed by atoms with Gasteiger partial charge in [-0.25, -0.2) is 9.07 Å². The molecule has 4 aromatic rings. The van der Waals surface area contributed by atoms with Gasteiger partial charge in [0.15, 0.2) is 11.6 Å². The number of nitrogens with zero attached hydrogens (tertiary/aromatic N) is 2. The maximum atomic E-state index is 13.3. The van der Waals surface area contributed by atoms with E-state index in [-0.39, 0.29) is 5.75 Å². The average molecular weight is 334 g/mol. The van der Waals surface area contributed by atoms with E-state index < -0.39 is 11.6 Å². The van der Waals surface area contributed by atoms with Crippen LogP contribution in [0, 0.1) is 12.7 Å². The van der Waals surface area contributed by atoms with Crippen molar-refractivity contribution in [2.45, 2.75) is 6.92 Å². The molecule has 2 N–H and O–H groups in total. The first-order chi connectivity index (χ1) is 12.0. The Labute approximate surface area is 143 Å². The lowest BCUT2D eigenvalue weighted by Gasteiger charge is -2.07. The van der Waals surface area contributed by atoms with Gasteiger partial charge in [0.05, 0.1) is 17.4 Å². The molecular weight excluding hydrogens is 319 g/mol. The van der Waals surface area contributed by atoms with E-state index >= 15 is 0 Å². The molecule has 0 spiro atoms. The second-order valence-electron chi connectivity index (χ2n) is 5.97. The highest BCUT2D eigenvalue weighted by Crippen LogP contribution is 2.29. The lowest BCUT2D eigenvalue weighted by molar-refractivity contribution is 0.432. The Morgan fingerprint density at radius 3 is 2.40 bits per heavy atom. The number of benzene rings is 3. The summed E-state index contributed by atoms with van der Waals surface area (Å²) in [6.45, 7) is 1.86. The van der Waals surface area contributed by atoms with Crippen LogP contribution < -0.4 is 0 Å². The van der Waals surface area contributed by atoms with Gasteiger partial charge in [0, 0.05) is 11.5 Å². The average Bonchev–Trinajstić information content (AvgIpc) is 3.03. The summed E-state index contributed by atoms with van der Waals surface area (Å²) in [5, 5.41) is 24.5. The van der Waals surface area contributed by atoms with Crippen LogP contribution in [0.4, 0.5) is 4.39 Å². The van der Waals surface area contributed by atoms with E-state index in [2.05, 4.69) is 5.10 Å². The van der Waals surface area contributed by atoms with Crippen LogP contribution in [-0.2, 0) is 0 Å². The maximum absolute atomic E-state index is 13.3. The largest absolute Gasteiger partial charge is 0.508 e. The van der Waals surface area contributed by atoms with E-state index in [4.69, 9.17) is 0 Å². The summed E-state index contributed by atoms with van der Waals surface area (Å²) in [6.07, 6.45) is 1.73. The fourth-order valence-corrected chi connectivity index (χ4v) is 2.89. The van der Waals surface area contributed by atoms with Crippen molar-refractivity contribution in [3.8, 4) is 28.3 Å². The van der Waals surface area contributed by atoms with Crippen molar-refractivity contribution in [3.63, 3.8) is 0 Å². The molecule has 5 heteroatoms. The summed E-state index contributed by atoms with van der Waals surface area (Å²) in [5.41, 5.74) is 4.27. The number of phenols is 2. The van der Waals surface area contributed by atoms with Crippen LogP contribution in [0.25, 0.3) is 27.7 Å². The summed E-state index contributed by atoms with van der Waals surface area (Å²) < 4.78 is 14.9. The van der Waals surface area contributed by atoms with Crippen molar-refractivity contribution in [3.05, 3.63) is 72.2 Å². The number of aryl methyl sites for hydroxylation is 1. The number of aromatic nitrogens is 2. The van der Waals surface area contributed by atoms with Gasteiger partial charge in [-0.05, 0) is 60.0 Å². The van der Waals surface area contributed by atoms with Gasteiger partial charge in [0.25, 0.3) is 0 Å². The van der Waals surface area contributed by atoms with Gasteiger partial charge in [0.1, 0.15) is 5.75 Å². The molecule has 1 aromatic heterocycles. The van der Waals surface area contributed by atoms with E-state index in [0.29, 0.717) is 5.69 Å². The van der Waals surface area contributed by atoms with Crippen LogP contribution in [-0.4, -0.2) is 20.0 Å². The Balaban J connectivity index is 1.81. The number of fused-ring (bicyclic) bond motifs is 1. The van der Waals surface area contributed by atoms with E-state index in [0.717, 1.165) is 27.6 Å². The van der Waals surface area contributed by atoms with Crippen molar-refractivity contribution in [1.82, 2.24) is 9.78 Å². The predicted molar refractivity (Wildman–Crippen MR) is 94.5 cm³/mol. The normalized spacial score (nSPS) is 11.1. The van der Waals surface area contributed by atoms with Gasteiger partial charge < -0.3 is 10.2 Å². The summed E-state index contributed by atoms with van der Waals surface area (Å²) in [7, 11) is 0. The van der Waals surface area contributed by atoms with Gasteiger partial charge >= 0.3 is 0 Å². The van der Waals surface area contributed by atoms with Gasteiger partial charge in [0.2, 0.25) is 0 Å². The van der Waals surface area contributed by atoms with Crippen LogP contribution in [0.3, 0.4) is 0 Å². The molecule has 3 aromatic carbocycles. The van der Waals surface area contributed by atoms with Crippen molar-refractivity contribution >= 4 is 10.9 Å². The Kier molecular flexibility index (Phi) is 3.42. The quantitative estimate of drug-likeness (QED) is 0.565. The molecule has 0 aliphatic heterocycles. The lowest BCUT2D eigenvalue weighted by atomic mass is 10.0. The van der Waals surface area contributed by atoms with E-state index in [1.807, 2.05) is 37.3 Å². The number of halogens is 1. The Morgan fingerprint density at radius 1 is 0.880 bits per heavy atom. The van der Waals surface area contributed by atoms with Gasteiger partial charge in [-0.1, -0.05) is 12.1 Å². The van der Waals surface area contributed by atoms with Crippen molar-refractivity contribution in [2.24, 2.45) is 0 Å². The standard InChI is InChI=1S/C20H15FN2O2/c1-12-8-13(3-7-19(12)24)14-2-6-18-15(9-14)11-22-23(18)16-4-5-17(21)20(25)10-16/h2-11,24-25H,1H3. The zero-order chi connectivity index (χ0) is 17.6. The molecule has 0 radical (unpaired) electrons. The molecular formula is C20H15FN2O2. The third kappa shape index (κ3) is 2.59. The van der Waals surface area contributed by atoms with Crippen molar-refractivity contribution < 1.29 is 14.6 Å². The van der Waals surface area contributed by atoms with E-state index in [1.54, 1.807) is 23.0 Å². The minimum Gasteiger partial charge on any atom is -0.508 e. The molecule has 0 bridgehead atoms. The monoisotopic (exact) mass is 334 g/mol. The smallest absolute Gasteiger partial charge is 0.164 e. The fraction of sp³-hybridized carbons (Fsp3) is 0.0500. The number of hydrogen-bond acceptors (Lipinski definition) is 3. The second kappa shape index (κ2) is 5.63. The molecule has 0 saturated carbocycles. The molecule has 124 valence electrons. The van der Waals surface area contributed by atoms with E-state index in [1.165, 1.54) is 12.1 Å². The van der Waals surface area contributed by atoms with Crippen LogP contribution in [0.5, 0.6) is 11.5 Å². The SMILES string of the molecule is Cc1cc(-c2ccc3c(cnn3-c3ccc(F)c(O)c3)c2)ccc1O. The van der Waals surface area contributed by atoms with E-state index in [9.17, 15) is 14.6 Å². The third-order valence-electron chi connectivity index (χ3n) is 4.27. The zero-order valence-electron chi connectivity index (χ0n) is 13.4. The Bertz CT molecular complexity index is 1100. The second-order valence-corrected chi connectivity index (χ2v) is 5.97. The minimum atomic E-state index is -0.662. The Hall–Kier alpha value is -3.34. The topological polar surface area (TPSA) is 58.3 Å². The molecule has 0 fully saturated rings. The molecule has 4 nitrogen and oxygen atoms in total. The first kappa shape index (κ1) is 15.2. The number of aromatic hydroxyl groups is 2. The predicted octanol–water partition coefficient (Wildman–Crippen LogP) is 4.55. The highest BCUT2D eigenvalue weighted by molar-refractivity contribution is 5.86. The lowest BCUT2D eigenvalue weighted by Crippen LogP contribution is -1.96. The van der Waals surface area contributed by atoms with Crippen LogP contribution >= 0.6 is 0 Å². The number of hydrogen-bond donors (Lipinski definition) is 2. The van der Waals surface area contributed by atoms with Gasteiger partial charge in [-0.3, -0.25) is 0 Å². The summed E-state index contributed by atoms with van der Waals surface area (Å²) in [5.74, 6) is -0.795. The third-order valence-corrected chi connectivity index (χ3v) is 4.27. The zero-order valence-corrected chi connectivity index (χ0v) is 13.4. The molecule has 0 aliphatic rings. The molecule has 0 unspecified atom stereocenters. The summed E-state index contributed by atoms with van der Waals surface area (Å²) >= 11 is 0. The molecule has 0 aliphatic carbocycles. The van der Waals surface area contributed by atoms with Gasteiger partial charge in [-0.15, -0.1) is 0 Å². The van der Waals surface area contributed by atoms with Gasteiger partial charge in [-0.2, -0.15) is 5.10 Å². The van der Waals surface area contributed by atoms with Crippen LogP contribution in [0.15, 0.2) is 60.8 Å². The van der Waals surface area contributed by atoms with Crippen molar-refractivity contribution in [1.29, 1.82) is 0 Å². The molecule has 0 amide bonds. The molecule has 4 rings (SSSR count). The molecule has 25 heavy (non-hydrogen) atoms. The maximum Gasteiger partial charge on any atom is 0.164 e. The summed E-state index contributed by atoms with van der Waals surface area (Å²) in [6, 6.07) is 15.5. The molecule has 1 heterocycles. The molecule has 0 saturated heterocycles. The van der Waals surface area contributed by atoms with Crippen molar-refractivity contribution in [2.75, 3.05) is 0 Å². The van der Waals surface area contributed by atoms with Crippen LogP contribution in [0.1, 0.15) is 5.56 Å². The minimum absolute atomic E-state index is 0.272. The fourth-order valence-electron chi connectivity index (χ4n) is 2.89. The first-order valence-electron chi connectivity index (χ1n) is 7.79.